The Kier molecular flexibility index (Phi) is 7.22. The fraction of sp³-hybridized carbons (Fsp3) is 0. The van der Waals surface area contributed by atoms with Gasteiger partial charge in [0.1, 0.15) is 0 Å². The first kappa shape index (κ1) is 28.8. The molecule has 230 valence electrons. The Morgan fingerprint density at radius 1 is 0.245 bits per heavy atom. The zero-order chi connectivity index (χ0) is 32.6. The summed E-state index contributed by atoms with van der Waals surface area (Å²) >= 11 is 0. The molecule has 0 atom stereocenters. The van der Waals surface area contributed by atoms with Crippen molar-refractivity contribution in [2.24, 2.45) is 0 Å². The number of anilines is 3. The first-order valence-corrected chi connectivity index (χ1v) is 16.9. The predicted molar refractivity (Wildman–Crippen MR) is 210 cm³/mol. The van der Waals surface area contributed by atoms with Gasteiger partial charge in [0.2, 0.25) is 0 Å². The van der Waals surface area contributed by atoms with Crippen LogP contribution in [0, 0.1) is 0 Å². The molecular weight excluding hydrogens is 591 g/mol. The molecule has 0 aromatic heterocycles. The Hall–Kier alpha value is -6.44. The van der Waals surface area contributed by atoms with Gasteiger partial charge in [-0.2, -0.15) is 0 Å². The van der Waals surface area contributed by atoms with Crippen LogP contribution in [0.15, 0.2) is 200 Å². The average Bonchev–Trinajstić information content (AvgIpc) is 3.18. The number of benzene rings is 9. The van der Waals surface area contributed by atoms with Crippen molar-refractivity contribution in [3.63, 3.8) is 0 Å². The molecule has 0 saturated carbocycles. The van der Waals surface area contributed by atoms with Gasteiger partial charge in [0.05, 0.1) is 0 Å². The van der Waals surface area contributed by atoms with Gasteiger partial charge in [0.25, 0.3) is 0 Å². The highest BCUT2D eigenvalue weighted by atomic mass is 15.1. The van der Waals surface area contributed by atoms with Crippen molar-refractivity contribution in [1.82, 2.24) is 0 Å². The summed E-state index contributed by atoms with van der Waals surface area (Å²) in [5.41, 5.74) is 10.7. The number of rotatable bonds is 6. The van der Waals surface area contributed by atoms with Gasteiger partial charge in [-0.25, -0.2) is 0 Å². The molecule has 1 nitrogen and oxygen atoms in total. The van der Waals surface area contributed by atoms with Crippen molar-refractivity contribution in [1.29, 1.82) is 0 Å². The van der Waals surface area contributed by atoms with Crippen LogP contribution in [-0.2, 0) is 0 Å². The molecule has 0 bridgehead atoms. The van der Waals surface area contributed by atoms with Gasteiger partial charge in [-0.3, -0.25) is 0 Å². The van der Waals surface area contributed by atoms with E-state index in [9.17, 15) is 0 Å². The molecule has 0 spiro atoms. The van der Waals surface area contributed by atoms with Crippen molar-refractivity contribution in [3.05, 3.63) is 200 Å². The normalized spacial score (nSPS) is 11.3. The van der Waals surface area contributed by atoms with Crippen LogP contribution in [0.5, 0.6) is 0 Å². The lowest BCUT2D eigenvalue weighted by atomic mass is 9.92. The van der Waals surface area contributed by atoms with E-state index in [0.29, 0.717) is 0 Å². The second kappa shape index (κ2) is 12.3. The first-order chi connectivity index (χ1) is 24.3. The smallest absolute Gasteiger partial charge is 0.0474 e. The van der Waals surface area contributed by atoms with Crippen molar-refractivity contribution in [2.45, 2.75) is 0 Å². The minimum atomic E-state index is 1.11. The summed E-state index contributed by atoms with van der Waals surface area (Å²) < 4.78 is 0. The molecule has 0 unspecified atom stereocenters. The van der Waals surface area contributed by atoms with E-state index in [0.717, 1.165) is 17.1 Å². The highest BCUT2D eigenvalue weighted by Gasteiger charge is 2.17. The lowest BCUT2D eigenvalue weighted by Crippen LogP contribution is -2.10. The molecule has 0 aliphatic carbocycles. The van der Waals surface area contributed by atoms with Crippen LogP contribution in [-0.4, -0.2) is 0 Å². The van der Waals surface area contributed by atoms with Crippen LogP contribution in [0.4, 0.5) is 17.1 Å². The highest BCUT2D eigenvalue weighted by molar-refractivity contribution is 6.08. The Bertz CT molecular complexity index is 2580. The molecule has 0 N–H and O–H groups in total. The molecule has 0 fully saturated rings. The van der Waals surface area contributed by atoms with Crippen molar-refractivity contribution >= 4 is 49.4 Å². The van der Waals surface area contributed by atoms with Crippen LogP contribution in [0.25, 0.3) is 65.7 Å². The SMILES string of the molecule is c1ccc(-c2ccc(-c3ccc(N(c4ccccc4)c4cc(-c5cccc6ccccc56)c5ccccc5c4)cc3)c3ccccc23)cc1. The summed E-state index contributed by atoms with van der Waals surface area (Å²) in [6.45, 7) is 0. The lowest BCUT2D eigenvalue weighted by molar-refractivity contribution is 1.29. The predicted octanol–water partition coefficient (Wildman–Crippen LogP) is 13.6. The van der Waals surface area contributed by atoms with Gasteiger partial charge in [0.15, 0.2) is 0 Å². The van der Waals surface area contributed by atoms with Gasteiger partial charge in [-0.15, -0.1) is 0 Å². The van der Waals surface area contributed by atoms with E-state index in [2.05, 4.69) is 205 Å². The van der Waals surface area contributed by atoms with Gasteiger partial charge >= 0.3 is 0 Å². The second-order valence-electron chi connectivity index (χ2n) is 12.5. The van der Waals surface area contributed by atoms with Gasteiger partial charge in [0, 0.05) is 17.1 Å². The van der Waals surface area contributed by atoms with Gasteiger partial charge < -0.3 is 4.90 Å². The van der Waals surface area contributed by atoms with Crippen molar-refractivity contribution < 1.29 is 0 Å². The van der Waals surface area contributed by atoms with Crippen molar-refractivity contribution in [3.8, 4) is 33.4 Å². The zero-order valence-corrected chi connectivity index (χ0v) is 27.0. The van der Waals surface area contributed by atoms with E-state index in [4.69, 9.17) is 0 Å². The fourth-order valence-corrected chi connectivity index (χ4v) is 7.34. The van der Waals surface area contributed by atoms with Gasteiger partial charge in [-0.05, 0) is 102 Å². The summed E-state index contributed by atoms with van der Waals surface area (Å²) in [7, 11) is 0. The minimum absolute atomic E-state index is 1.11. The molecule has 0 saturated heterocycles. The third kappa shape index (κ3) is 5.23. The Labute approximate surface area is 287 Å². The number of para-hydroxylation sites is 1. The largest absolute Gasteiger partial charge is 0.310 e. The fourth-order valence-electron chi connectivity index (χ4n) is 7.34. The van der Waals surface area contributed by atoms with E-state index >= 15 is 0 Å². The van der Waals surface area contributed by atoms with E-state index in [1.807, 2.05) is 0 Å². The Morgan fingerprint density at radius 3 is 1.41 bits per heavy atom. The lowest BCUT2D eigenvalue weighted by Gasteiger charge is -2.27. The maximum atomic E-state index is 2.38. The summed E-state index contributed by atoms with van der Waals surface area (Å²) in [4.78, 5) is 2.38. The molecule has 0 aliphatic heterocycles. The summed E-state index contributed by atoms with van der Waals surface area (Å²) in [6.07, 6.45) is 0. The minimum Gasteiger partial charge on any atom is -0.310 e. The van der Waals surface area contributed by atoms with Crippen LogP contribution in [0.3, 0.4) is 0 Å². The summed E-state index contributed by atoms with van der Waals surface area (Å²) in [6, 6.07) is 72.4. The quantitative estimate of drug-likeness (QED) is 0.178. The van der Waals surface area contributed by atoms with Crippen LogP contribution < -0.4 is 4.90 Å². The maximum Gasteiger partial charge on any atom is 0.0474 e. The molecule has 0 radical (unpaired) electrons. The first-order valence-electron chi connectivity index (χ1n) is 16.9. The topological polar surface area (TPSA) is 3.24 Å². The molecule has 49 heavy (non-hydrogen) atoms. The van der Waals surface area contributed by atoms with E-state index < -0.39 is 0 Å². The molecule has 9 aromatic carbocycles. The second-order valence-corrected chi connectivity index (χ2v) is 12.5. The van der Waals surface area contributed by atoms with E-state index in [-0.39, 0.29) is 0 Å². The summed E-state index contributed by atoms with van der Waals surface area (Å²) in [5, 5.41) is 7.48. The standard InChI is InChI=1S/C48H33N/c1-3-14-34(15-4-1)43-30-31-44(46-24-12-11-23-45(43)46)36-26-28-39(29-27-36)49(38-19-5-2-6-20-38)40-32-37-17-8-10-22-42(37)48(33-40)47-25-13-18-35-16-7-9-21-41(35)47/h1-33H. The number of nitrogens with zero attached hydrogens (tertiary/aromatic N) is 1. The Balaban J connectivity index is 1.19. The number of fused-ring (bicyclic) bond motifs is 3. The van der Waals surface area contributed by atoms with Crippen LogP contribution in [0.2, 0.25) is 0 Å². The molecule has 0 heterocycles. The maximum absolute atomic E-state index is 2.38. The number of hydrogen-bond donors (Lipinski definition) is 0. The Morgan fingerprint density at radius 2 is 0.735 bits per heavy atom. The monoisotopic (exact) mass is 623 g/mol. The third-order valence-corrected chi connectivity index (χ3v) is 9.64. The van der Waals surface area contributed by atoms with E-state index in [1.165, 1.54) is 65.7 Å². The molecule has 0 aliphatic rings. The van der Waals surface area contributed by atoms with E-state index in [1.54, 1.807) is 0 Å². The van der Waals surface area contributed by atoms with Gasteiger partial charge in [-0.1, -0.05) is 164 Å². The van der Waals surface area contributed by atoms with Crippen LogP contribution in [0.1, 0.15) is 0 Å². The molecule has 9 rings (SSSR count). The molecular formula is C48H33N. The number of hydrogen-bond acceptors (Lipinski definition) is 1. The van der Waals surface area contributed by atoms with Crippen LogP contribution >= 0.6 is 0 Å². The average molecular weight is 624 g/mol. The highest BCUT2D eigenvalue weighted by Crippen LogP contribution is 2.43. The third-order valence-electron chi connectivity index (χ3n) is 9.64. The molecule has 0 amide bonds. The summed E-state index contributed by atoms with van der Waals surface area (Å²) in [5.74, 6) is 0. The molecule has 9 aromatic rings. The van der Waals surface area contributed by atoms with Crippen molar-refractivity contribution in [2.75, 3.05) is 4.90 Å². The zero-order valence-electron chi connectivity index (χ0n) is 27.0. The molecule has 1 heteroatoms.